The number of sulfonamides is 1. The second-order valence-electron chi connectivity index (χ2n) is 3.68. The third-order valence-corrected chi connectivity index (χ3v) is 3.64. The Morgan fingerprint density at radius 1 is 1.41 bits per heavy atom. The number of halogens is 1. The predicted octanol–water partition coefficient (Wildman–Crippen LogP) is 0.978. The van der Waals surface area contributed by atoms with Crippen LogP contribution in [-0.2, 0) is 10.0 Å². The van der Waals surface area contributed by atoms with Gasteiger partial charge in [-0.2, -0.15) is 0 Å². The first-order chi connectivity index (χ1) is 7.77. The van der Waals surface area contributed by atoms with Crippen molar-refractivity contribution in [2.45, 2.75) is 4.90 Å². The Morgan fingerprint density at radius 2 is 2.00 bits per heavy atom. The Morgan fingerprint density at radius 3 is 2.41 bits per heavy atom. The van der Waals surface area contributed by atoms with Crippen LogP contribution < -0.4 is 10.0 Å². The molecule has 0 aliphatic carbocycles. The largest absolute Gasteiger partial charge is 0.377 e. The quantitative estimate of drug-likeness (QED) is 0.662. The van der Waals surface area contributed by atoms with Gasteiger partial charge in [-0.05, 0) is 18.2 Å². The lowest BCUT2D eigenvalue weighted by Crippen LogP contribution is -2.19. The van der Waals surface area contributed by atoms with Crippen LogP contribution in [0.1, 0.15) is 10.4 Å². The van der Waals surface area contributed by atoms with Crippen LogP contribution in [-0.4, -0.2) is 33.6 Å². The lowest BCUT2D eigenvalue weighted by atomic mass is 10.1. The molecule has 5 nitrogen and oxygen atoms in total. The monoisotopic (exact) mass is 320 g/mol. The summed E-state index contributed by atoms with van der Waals surface area (Å²) in [5.41, 5.74) is 0.773. The van der Waals surface area contributed by atoms with Crippen LogP contribution in [0.3, 0.4) is 0 Å². The highest BCUT2D eigenvalue weighted by Crippen LogP contribution is 2.24. The lowest BCUT2D eigenvalue weighted by Gasteiger charge is -2.16. The van der Waals surface area contributed by atoms with Crippen LogP contribution in [0.15, 0.2) is 23.1 Å². The van der Waals surface area contributed by atoms with Gasteiger partial charge in [-0.15, -0.1) is 0 Å². The van der Waals surface area contributed by atoms with Gasteiger partial charge in [0.15, 0.2) is 5.78 Å². The molecule has 0 spiro atoms. The van der Waals surface area contributed by atoms with E-state index in [4.69, 9.17) is 5.14 Å². The van der Waals surface area contributed by atoms with Gasteiger partial charge < -0.3 is 4.90 Å². The predicted molar refractivity (Wildman–Crippen MR) is 70.3 cm³/mol. The van der Waals surface area contributed by atoms with Crippen LogP contribution in [0.25, 0.3) is 0 Å². The molecule has 0 aromatic heterocycles. The highest BCUT2D eigenvalue weighted by molar-refractivity contribution is 9.09. The highest BCUT2D eigenvalue weighted by Gasteiger charge is 2.17. The molecule has 0 amide bonds. The van der Waals surface area contributed by atoms with Crippen molar-refractivity contribution in [1.82, 2.24) is 0 Å². The first kappa shape index (κ1) is 14.1. The molecule has 0 radical (unpaired) electrons. The van der Waals surface area contributed by atoms with Crippen molar-refractivity contribution in [3.8, 4) is 0 Å². The van der Waals surface area contributed by atoms with Gasteiger partial charge in [0.1, 0.15) is 4.90 Å². The zero-order valence-corrected chi connectivity index (χ0v) is 11.9. The number of rotatable bonds is 4. The number of anilines is 1. The van der Waals surface area contributed by atoms with Crippen LogP contribution in [0.5, 0.6) is 0 Å². The molecule has 1 rings (SSSR count). The number of carbonyl (C=O) groups is 1. The Bertz CT molecular complexity index is 540. The number of primary sulfonamides is 1. The van der Waals surface area contributed by atoms with E-state index in [1.165, 1.54) is 6.07 Å². The topological polar surface area (TPSA) is 80.5 Å². The summed E-state index contributed by atoms with van der Waals surface area (Å²) < 4.78 is 22.9. The normalized spacial score (nSPS) is 11.3. The molecule has 0 saturated heterocycles. The van der Waals surface area contributed by atoms with Crippen molar-refractivity contribution in [2.24, 2.45) is 5.14 Å². The van der Waals surface area contributed by atoms with Gasteiger partial charge >= 0.3 is 0 Å². The average Bonchev–Trinajstić information content (AvgIpc) is 2.25. The van der Waals surface area contributed by atoms with E-state index in [1.54, 1.807) is 31.1 Å². The Balaban J connectivity index is 3.45. The Labute approximate surface area is 109 Å². The first-order valence-electron chi connectivity index (χ1n) is 4.70. The molecule has 0 atom stereocenters. The summed E-state index contributed by atoms with van der Waals surface area (Å²) in [7, 11) is -0.443. The molecule has 1 aromatic rings. The maximum Gasteiger partial charge on any atom is 0.240 e. The summed E-state index contributed by atoms with van der Waals surface area (Å²) in [4.78, 5) is 13.1. The van der Waals surface area contributed by atoms with Gasteiger partial charge in [-0.25, -0.2) is 13.6 Å². The number of alkyl halides is 1. The SMILES string of the molecule is CN(C)c1ccc(C(=O)CBr)cc1S(N)(=O)=O. The summed E-state index contributed by atoms with van der Waals surface area (Å²) in [5, 5.41) is 5.27. The number of Topliss-reactive ketones (excluding diaryl/α,β-unsaturated/α-hetero) is 1. The van der Waals surface area contributed by atoms with Gasteiger partial charge in [0, 0.05) is 19.7 Å². The number of nitrogens with two attached hydrogens (primary N) is 1. The van der Waals surface area contributed by atoms with E-state index in [1.807, 2.05) is 0 Å². The number of nitrogens with zero attached hydrogens (tertiary/aromatic N) is 1. The van der Waals surface area contributed by atoms with Crippen molar-refractivity contribution in [3.63, 3.8) is 0 Å². The minimum Gasteiger partial charge on any atom is -0.377 e. The Hall–Kier alpha value is -0.920. The fraction of sp³-hybridized carbons (Fsp3) is 0.300. The van der Waals surface area contributed by atoms with Crippen LogP contribution in [0.4, 0.5) is 5.69 Å². The summed E-state index contributed by atoms with van der Waals surface area (Å²) >= 11 is 3.03. The molecule has 0 bridgehead atoms. The van der Waals surface area contributed by atoms with E-state index >= 15 is 0 Å². The van der Waals surface area contributed by atoms with E-state index < -0.39 is 10.0 Å². The summed E-state index contributed by atoms with van der Waals surface area (Å²) in [5.74, 6) is -0.194. The minimum atomic E-state index is -3.85. The van der Waals surface area contributed by atoms with Crippen molar-refractivity contribution < 1.29 is 13.2 Å². The van der Waals surface area contributed by atoms with E-state index in [0.29, 0.717) is 11.3 Å². The van der Waals surface area contributed by atoms with Crippen LogP contribution in [0.2, 0.25) is 0 Å². The van der Waals surface area contributed by atoms with Crippen molar-refractivity contribution in [2.75, 3.05) is 24.3 Å². The van der Waals surface area contributed by atoms with Crippen LogP contribution in [0, 0.1) is 0 Å². The van der Waals surface area contributed by atoms with E-state index in [0.717, 1.165) is 0 Å². The molecule has 0 aliphatic heterocycles. The van der Waals surface area contributed by atoms with Crippen molar-refractivity contribution in [3.05, 3.63) is 23.8 Å². The third-order valence-electron chi connectivity index (χ3n) is 2.19. The maximum atomic E-state index is 11.5. The number of benzene rings is 1. The lowest BCUT2D eigenvalue weighted by molar-refractivity contribution is 0.102. The minimum absolute atomic E-state index is 0.0469. The summed E-state index contributed by atoms with van der Waals surface area (Å²) in [6.07, 6.45) is 0. The second kappa shape index (κ2) is 5.16. The van der Waals surface area contributed by atoms with Gasteiger partial charge in [-0.1, -0.05) is 15.9 Å². The van der Waals surface area contributed by atoms with Crippen LogP contribution >= 0.6 is 15.9 Å². The highest BCUT2D eigenvalue weighted by atomic mass is 79.9. The standard InChI is InChI=1S/C10H13BrN2O3S/c1-13(2)8-4-3-7(9(14)6-11)5-10(8)17(12,15)16/h3-5H,6H2,1-2H3,(H2,12,15,16). The molecule has 7 heteroatoms. The third kappa shape index (κ3) is 3.27. The molecule has 0 fully saturated rings. The molecule has 0 heterocycles. The van der Waals surface area contributed by atoms with Crippen molar-refractivity contribution in [1.29, 1.82) is 0 Å². The molecule has 0 saturated carbocycles. The molecule has 2 N–H and O–H groups in total. The number of hydrogen-bond acceptors (Lipinski definition) is 4. The van der Waals surface area contributed by atoms with E-state index in [2.05, 4.69) is 15.9 Å². The molecule has 1 aromatic carbocycles. The summed E-state index contributed by atoms with van der Waals surface area (Å²) in [6, 6.07) is 4.44. The number of hydrogen-bond donors (Lipinski definition) is 1. The number of carbonyl (C=O) groups excluding carboxylic acids is 1. The maximum absolute atomic E-state index is 11.5. The Kier molecular flexibility index (Phi) is 4.29. The van der Waals surface area contributed by atoms with Gasteiger partial charge in [0.2, 0.25) is 10.0 Å². The smallest absolute Gasteiger partial charge is 0.240 e. The van der Waals surface area contributed by atoms with Gasteiger partial charge in [0.05, 0.1) is 11.0 Å². The first-order valence-corrected chi connectivity index (χ1v) is 7.37. The zero-order chi connectivity index (χ0) is 13.2. The fourth-order valence-electron chi connectivity index (χ4n) is 1.36. The van der Waals surface area contributed by atoms with Gasteiger partial charge in [0.25, 0.3) is 0 Å². The molecule has 0 unspecified atom stereocenters. The molecule has 0 aliphatic rings. The molecule has 17 heavy (non-hydrogen) atoms. The fourth-order valence-corrected chi connectivity index (χ4v) is 2.52. The van der Waals surface area contributed by atoms with Gasteiger partial charge in [-0.3, -0.25) is 4.79 Å². The molecular formula is C10H13BrN2O3S. The zero-order valence-electron chi connectivity index (χ0n) is 9.47. The summed E-state index contributed by atoms with van der Waals surface area (Å²) in [6.45, 7) is 0. The van der Waals surface area contributed by atoms with Crippen molar-refractivity contribution >= 4 is 37.4 Å². The molecule has 94 valence electrons. The van der Waals surface area contributed by atoms with E-state index in [-0.39, 0.29) is 16.0 Å². The molecular weight excluding hydrogens is 308 g/mol. The number of ketones is 1. The van der Waals surface area contributed by atoms with E-state index in [9.17, 15) is 13.2 Å². The second-order valence-corrected chi connectivity index (χ2v) is 5.77. The average molecular weight is 321 g/mol.